The molecule has 0 saturated heterocycles. The van der Waals surface area contributed by atoms with E-state index < -0.39 is 0 Å². The molecule has 0 bridgehead atoms. The van der Waals surface area contributed by atoms with Gasteiger partial charge >= 0.3 is 0 Å². The van der Waals surface area contributed by atoms with Gasteiger partial charge in [-0.15, -0.1) is 0 Å². The Bertz CT molecular complexity index is 1130. The van der Waals surface area contributed by atoms with Gasteiger partial charge in [-0.1, -0.05) is 12.1 Å². The SMILES string of the molecule is Cn1cc(-c2ccncc2/C=C/C(=O)Nc2ccc(Cn3ccnc3)cc2)cn1. The number of anilines is 1. The molecule has 1 N–H and O–H groups in total. The molecule has 1 amide bonds. The van der Waals surface area contributed by atoms with Crippen LogP contribution in [0.1, 0.15) is 11.1 Å². The minimum atomic E-state index is -0.201. The number of aromatic nitrogens is 5. The Morgan fingerprint density at radius 3 is 2.69 bits per heavy atom. The predicted octanol–water partition coefficient (Wildman–Crippen LogP) is 3.38. The molecule has 4 rings (SSSR count). The topological polar surface area (TPSA) is 77.6 Å². The molecule has 0 spiro atoms. The van der Waals surface area contributed by atoms with Crippen molar-refractivity contribution in [3.8, 4) is 11.1 Å². The van der Waals surface area contributed by atoms with Crippen molar-refractivity contribution in [2.45, 2.75) is 6.54 Å². The Morgan fingerprint density at radius 2 is 1.97 bits per heavy atom. The van der Waals surface area contributed by atoms with Crippen molar-refractivity contribution in [2.24, 2.45) is 7.05 Å². The summed E-state index contributed by atoms with van der Waals surface area (Å²) in [5.41, 5.74) is 4.68. The third-order valence-electron chi connectivity index (χ3n) is 4.43. The smallest absolute Gasteiger partial charge is 0.248 e. The van der Waals surface area contributed by atoms with Gasteiger partial charge in [0.05, 0.1) is 12.5 Å². The van der Waals surface area contributed by atoms with E-state index in [2.05, 4.69) is 20.4 Å². The van der Waals surface area contributed by atoms with Crippen LogP contribution in [-0.2, 0) is 18.4 Å². The molecule has 3 heterocycles. The lowest BCUT2D eigenvalue weighted by atomic mass is 10.0. The van der Waals surface area contributed by atoms with Gasteiger partial charge in [0.25, 0.3) is 0 Å². The Morgan fingerprint density at radius 1 is 1.10 bits per heavy atom. The molecule has 3 aromatic heterocycles. The quantitative estimate of drug-likeness (QED) is 0.517. The van der Waals surface area contributed by atoms with Gasteiger partial charge in [-0.25, -0.2) is 4.98 Å². The second-order valence-corrected chi connectivity index (χ2v) is 6.62. The Balaban J connectivity index is 1.42. The highest BCUT2D eigenvalue weighted by Gasteiger charge is 2.06. The molecule has 0 aliphatic rings. The third kappa shape index (κ3) is 4.65. The Hall–Kier alpha value is -4.00. The third-order valence-corrected chi connectivity index (χ3v) is 4.43. The van der Waals surface area contributed by atoms with Gasteiger partial charge in [0.2, 0.25) is 5.91 Å². The first-order valence-corrected chi connectivity index (χ1v) is 9.14. The molecule has 1 aromatic carbocycles. The number of hydrogen-bond acceptors (Lipinski definition) is 4. The van der Waals surface area contributed by atoms with Crippen LogP contribution in [0, 0.1) is 0 Å². The van der Waals surface area contributed by atoms with Crippen molar-refractivity contribution in [2.75, 3.05) is 5.32 Å². The summed E-state index contributed by atoms with van der Waals surface area (Å²) in [5, 5.41) is 7.08. The predicted molar refractivity (Wildman–Crippen MR) is 112 cm³/mol. The number of nitrogens with zero attached hydrogens (tertiary/aromatic N) is 5. The molecule has 4 aromatic rings. The molecule has 0 saturated carbocycles. The summed E-state index contributed by atoms with van der Waals surface area (Å²) >= 11 is 0. The van der Waals surface area contributed by atoms with Gasteiger partial charge in [-0.2, -0.15) is 5.10 Å². The molecule has 0 aliphatic carbocycles. The number of hydrogen-bond donors (Lipinski definition) is 1. The van der Waals surface area contributed by atoms with E-state index in [1.54, 1.807) is 41.9 Å². The van der Waals surface area contributed by atoms with Gasteiger partial charge in [-0.05, 0) is 35.4 Å². The average molecular weight is 384 g/mol. The molecular formula is C22H20N6O. The first-order chi connectivity index (χ1) is 14.2. The van der Waals surface area contributed by atoms with Crippen LogP contribution in [0.25, 0.3) is 17.2 Å². The van der Waals surface area contributed by atoms with Crippen LogP contribution in [0.3, 0.4) is 0 Å². The van der Waals surface area contributed by atoms with E-state index in [0.717, 1.165) is 34.5 Å². The normalized spacial score (nSPS) is 11.1. The van der Waals surface area contributed by atoms with Crippen LogP contribution in [0.15, 0.2) is 79.9 Å². The standard InChI is InChI=1S/C22H20N6O/c1-27-15-19(13-25-27)21-8-9-23-12-18(21)4-7-22(29)26-20-5-2-17(3-6-20)14-28-11-10-24-16-28/h2-13,15-16H,14H2,1H3,(H,26,29)/b7-4+. The Labute approximate surface area is 168 Å². The van der Waals surface area contributed by atoms with E-state index in [9.17, 15) is 4.79 Å². The molecule has 7 heteroatoms. The number of benzene rings is 1. The number of carbonyl (C=O) groups excluding carboxylic acids is 1. The highest BCUT2D eigenvalue weighted by molar-refractivity contribution is 6.02. The fraction of sp³-hybridized carbons (Fsp3) is 0.0909. The highest BCUT2D eigenvalue weighted by atomic mass is 16.1. The van der Waals surface area contributed by atoms with Crippen molar-refractivity contribution in [3.63, 3.8) is 0 Å². The van der Waals surface area contributed by atoms with Gasteiger partial charge in [-0.3, -0.25) is 14.5 Å². The number of amides is 1. The summed E-state index contributed by atoms with van der Waals surface area (Å²) in [7, 11) is 1.87. The molecular weight excluding hydrogens is 364 g/mol. The van der Waals surface area contributed by atoms with Crippen molar-refractivity contribution in [1.82, 2.24) is 24.3 Å². The number of aryl methyl sites for hydroxylation is 1. The number of rotatable bonds is 6. The molecule has 144 valence electrons. The zero-order chi connectivity index (χ0) is 20.1. The van der Waals surface area contributed by atoms with Crippen LogP contribution in [0.2, 0.25) is 0 Å². The summed E-state index contributed by atoms with van der Waals surface area (Å²) in [6.45, 7) is 0.742. The number of pyridine rings is 1. The minimum Gasteiger partial charge on any atom is -0.333 e. The zero-order valence-corrected chi connectivity index (χ0v) is 15.9. The van der Waals surface area contributed by atoms with E-state index >= 15 is 0 Å². The molecule has 0 fully saturated rings. The van der Waals surface area contributed by atoms with Crippen LogP contribution in [-0.4, -0.2) is 30.2 Å². The van der Waals surface area contributed by atoms with Crippen molar-refractivity contribution in [3.05, 3.63) is 91.0 Å². The van der Waals surface area contributed by atoms with Gasteiger partial charge in [0.15, 0.2) is 0 Å². The lowest BCUT2D eigenvalue weighted by Gasteiger charge is -2.06. The second-order valence-electron chi connectivity index (χ2n) is 6.62. The molecule has 7 nitrogen and oxygen atoms in total. The lowest BCUT2D eigenvalue weighted by Crippen LogP contribution is -2.08. The monoisotopic (exact) mass is 384 g/mol. The van der Waals surface area contributed by atoms with Gasteiger partial charge < -0.3 is 9.88 Å². The second kappa shape index (κ2) is 8.35. The number of nitrogens with one attached hydrogen (secondary N) is 1. The summed E-state index contributed by atoms with van der Waals surface area (Å²) in [5.74, 6) is -0.201. The fourth-order valence-electron chi connectivity index (χ4n) is 3.00. The maximum Gasteiger partial charge on any atom is 0.248 e. The number of carbonyl (C=O) groups is 1. The maximum absolute atomic E-state index is 12.3. The fourth-order valence-corrected chi connectivity index (χ4v) is 3.00. The van der Waals surface area contributed by atoms with E-state index in [0.29, 0.717) is 0 Å². The van der Waals surface area contributed by atoms with Crippen LogP contribution in [0.5, 0.6) is 0 Å². The summed E-state index contributed by atoms with van der Waals surface area (Å²) in [6.07, 6.45) is 15.9. The average Bonchev–Trinajstić information content (AvgIpc) is 3.40. The highest BCUT2D eigenvalue weighted by Crippen LogP contribution is 2.23. The Kier molecular flexibility index (Phi) is 5.29. The summed E-state index contributed by atoms with van der Waals surface area (Å²) in [6, 6.07) is 9.67. The van der Waals surface area contributed by atoms with Gasteiger partial charge in [0.1, 0.15) is 0 Å². The molecule has 0 aliphatic heterocycles. The van der Waals surface area contributed by atoms with Crippen molar-refractivity contribution < 1.29 is 4.79 Å². The maximum atomic E-state index is 12.3. The van der Waals surface area contributed by atoms with Gasteiger partial charge in [0, 0.05) is 67.5 Å². The van der Waals surface area contributed by atoms with Crippen LogP contribution < -0.4 is 5.32 Å². The van der Waals surface area contributed by atoms with Crippen LogP contribution >= 0.6 is 0 Å². The summed E-state index contributed by atoms with van der Waals surface area (Å²) in [4.78, 5) is 20.5. The van der Waals surface area contributed by atoms with E-state index in [-0.39, 0.29) is 5.91 Å². The summed E-state index contributed by atoms with van der Waals surface area (Å²) < 4.78 is 3.73. The molecule has 0 atom stereocenters. The largest absolute Gasteiger partial charge is 0.333 e. The molecule has 29 heavy (non-hydrogen) atoms. The minimum absolute atomic E-state index is 0.201. The lowest BCUT2D eigenvalue weighted by molar-refractivity contribution is -0.111. The molecule has 0 unspecified atom stereocenters. The van der Waals surface area contributed by atoms with E-state index in [1.165, 1.54) is 6.08 Å². The van der Waals surface area contributed by atoms with Crippen molar-refractivity contribution in [1.29, 1.82) is 0 Å². The molecule has 0 radical (unpaired) electrons. The first-order valence-electron chi connectivity index (χ1n) is 9.14. The van der Waals surface area contributed by atoms with E-state index in [1.807, 2.05) is 54.3 Å². The van der Waals surface area contributed by atoms with Crippen LogP contribution in [0.4, 0.5) is 5.69 Å². The number of imidazole rings is 1. The first kappa shape index (κ1) is 18.4. The van der Waals surface area contributed by atoms with Crippen molar-refractivity contribution >= 4 is 17.7 Å². The zero-order valence-electron chi connectivity index (χ0n) is 15.9. The van der Waals surface area contributed by atoms with E-state index in [4.69, 9.17) is 0 Å².